The molecule has 1 heterocycles. The molecular formula is C10H11N3O4S. The maximum atomic E-state index is 11.8. The second-order valence-electron chi connectivity index (χ2n) is 3.54. The number of rotatable bonds is 5. The van der Waals surface area contributed by atoms with Crippen molar-refractivity contribution in [1.29, 1.82) is 0 Å². The van der Waals surface area contributed by atoms with E-state index in [-0.39, 0.29) is 11.3 Å². The topological polar surface area (TPSA) is 102 Å². The zero-order valence-electron chi connectivity index (χ0n) is 9.53. The molecule has 0 saturated carbocycles. The number of terminal acetylenes is 1. The van der Waals surface area contributed by atoms with E-state index in [0.717, 1.165) is 18.3 Å². The maximum Gasteiger partial charge on any atom is 0.363 e. The molecule has 0 spiro atoms. The molecular weight excluding hydrogens is 258 g/mol. The Morgan fingerprint density at radius 1 is 1.61 bits per heavy atom. The number of hydrogen-bond donors (Lipinski definition) is 1. The summed E-state index contributed by atoms with van der Waals surface area (Å²) in [5.41, 5.74) is 0. The molecule has 0 radical (unpaired) electrons. The quantitative estimate of drug-likeness (QED) is 0.481. The van der Waals surface area contributed by atoms with Gasteiger partial charge in [-0.25, -0.2) is 13.1 Å². The molecule has 0 saturated heterocycles. The lowest BCUT2D eigenvalue weighted by molar-refractivity contribution is -0.389. The van der Waals surface area contributed by atoms with Crippen molar-refractivity contribution in [3.8, 4) is 12.3 Å². The largest absolute Gasteiger partial charge is 0.363 e. The van der Waals surface area contributed by atoms with Crippen LogP contribution in [0, 0.1) is 22.5 Å². The third-order valence-electron chi connectivity index (χ3n) is 2.00. The first-order valence-electron chi connectivity index (χ1n) is 4.93. The van der Waals surface area contributed by atoms with Crippen LogP contribution < -0.4 is 4.72 Å². The lowest BCUT2D eigenvalue weighted by Gasteiger charge is -2.10. The van der Waals surface area contributed by atoms with Gasteiger partial charge in [0.25, 0.3) is 0 Å². The lowest BCUT2D eigenvalue weighted by atomic mass is 10.3. The van der Waals surface area contributed by atoms with Crippen molar-refractivity contribution < 1.29 is 13.3 Å². The Balaban J connectivity index is 2.92. The molecule has 0 aliphatic rings. The number of nitrogens with one attached hydrogen (secondary N) is 1. The van der Waals surface area contributed by atoms with Gasteiger partial charge in [-0.1, -0.05) is 0 Å². The van der Waals surface area contributed by atoms with Gasteiger partial charge in [-0.15, -0.1) is 12.3 Å². The molecule has 0 amide bonds. The number of pyridine rings is 1. The van der Waals surface area contributed by atoms with Crippen LogP contribution in [0.5, 0.6) is 0 Å². The second kappa shape index (κ2) is 5.57. The highest BCUT2D eigenvalue weighted by atomic mass is 32.2. The number of nitro groups is 1. The van der Waals surface area contributed by atoms with Crippen molar-refractivity contribution in [3.05, 3.63) is 28.4 Å². The molecule has 1 rings (SSSR count). The number of nitrogens with zero attached hydrogens (tertiary/aromatic N) is 2. The van der Waals surface area contributed by atoms with Gasteiger partial charge in [-0.05, 0) is 22.9 Å². The van der Waals surface area contributed by atoms with Gasteiger partial charge in [-0.2, -0.15) is 0 Å². The summed E-state index contributed by atoms with van der Waals surface area (Å²) < 4.78 is 26.0. The number of hydrogen-bond acceptors (Lipinski definition) is 5. The van der Waals surface area contributed by atoms with Crippen LogP contribution in [0.1, 0.15) is 13.3 Å². The highest BCUT2D eigenvalue weighted by molar-refractivity contribution is 7.89. The molecule has 1 atom stereocenters. The van der Waals surface area contributed by atoms with Gasteiger partial charge in [-0.3, -0.25) is 0 Å². The average molecular weight is 269 g/mol. The summed E-state index contributed by atoms with van der Waals surface area (Å²) in [7, 11) is -3.75. The van der Waals surface area contributed by atoms with Crippen molar-refractivity contribution >= 4 is 15.8 Å². The first-order valence-corrected chi connectivity index (χ1v) is 6.41. The summed E-state index contributed by atoms with van der Waals surface area (Å²) in [5.74, 6) is 1.92. The normalized spacial score (nSPS) is 12.7. The van der Waals surface area contributed by atoms with Crippen LogP contribution in [0.4, 0.5) is 5.82 Å². The van der Waals surface area contributed by atoms with Crippen molar-refractivity contribution in [3.63, 3.8) is 0 Å². The molecule has 8 heteroatoms. The van der Waals surface area contributed by atoms with Crippen LogP contribution in [0.2, 0.25) is 0 Å². The van der Waals surface area contributed by atoms with Crippen LogP contribution in [-0.2, 0) is 10.0 Å². The fourth-order valence-corrected chi connectivity index (χ4v) is 2.38. The van der Waals surface area contributed by atoms with Crippen molar-refractivity contribution in [2.45, 2.75) is 24.3 Å². The van der Waals surface area contributed by atoms with Crippen LogP contribution in [0.15, 0.2) is 23.2 Å². The van der Waals surface area contributed by atoms with Crippen LogP contribution in [0.3, 0.4) is 0 Å². The van der Waals surface area contributed by atoms with Gasteiger partial charge in [0.05, 0.1) is 0 Å². The standard InChI is InChI=1S/C10H11N3O4S/c1-3-4-8(2)12-18(16,17)9-5-6-10(11-7-9)13(14)15/h1,5-8,12H,4H2,2H3. The Hall–Kier alpha value is -1.98. The van der Waals surface area contributed by atoms with Gasteiger partial charge in [0.15, 0.2) is 6.20 Å². The monoisotopic (exact) mass is 269 g/mol. The maximum absolute atomic E-state index is 11.8. The predicted molar refractivity (Wildman–Crippen MR) is 64.1 cm³/mol. The highest BCUT2D eigenvalue weighted by Crippen LogP contribution is 2.12. The van der Waals surface area contributed by atoms with Crippen molar-refractivity contribution in [1.82, 2.24) is 9.71 Å². The molecule has 0 aliphatic heterocycles. The minimum absolute atomic E-state index is 0.142. The smallest absolute Gasteiger partial charge is 0.358 e. The third kappa shape index (κ3) is 3.51. The van der Waals surface area contributed by atoms with Crippen molar-refractivity contribution in [2.24, 2.45) is 0 Å². The molecule has 1 aromatic rings. The molecule has 0 bridgehead atoms. The Morgan fingerprint density at radius 3 is 2.72 bits per heavy atom. The summed E-state index contributed by atoms with van der Waals surface area (Å²) >= 11 is 0. The highest BCUT2D eigenvalue weighted by Gasteiger charge is 2.19. The number of aromatic nitrogens is 1. The minimum Gasteiger partial charge on any atom is -0.358 e. The Bertz CT molecular complexity index is 574. The zero-order chi connectivity index (χ0) is 13.8. The van der Waals surface area contributed by atoms with E-state index in [4.69, 9.17) is 6.42 Å². The average Bonchev–Trinajstić information content (AvgIpc) is 2.28. The lowest BCUT2D eigenvalue weighted by Crippen LogP contribution is -2.32. The fraction of sp³-hybridized carbons (Fsp3) is 0.300. The van der Waals surface area contributed by atoms with E-state index in [1.165, 1.54) is 0 Å². The molecule has 96 valence electrons. The van der Waals surface area contributed by atoms with Gasteiger partial charge < -0.3 is 10.1 Å². The first kappa shape index (κ1) is 14.1. The first-order chi connectivity index (χ1) is 8.36. The predicted octanol–water partition coefficient (Wildman–Crippen LogP) is 0.680. The van der Waals surface area contributed by atoms with E-state index in [1.807, 2.05) is 0 Å². The Kier molecular flexibility index (Phi) is 4.36. The molecule has 18 heavy (non-hydrogen) atoms. The van der Waals surface area contributed by atoms with Gasteiger partial charge in [0, 0.05) is 18.5 Å². The second-order valence-corrected chi connectivity index (χ2v) is 5.25. The zero-order valence-corrected chi connectivity index (χ0v) is 10.3. The number of sulfonamides is 1. The third-order valence-corrected chi connectivity index (χ3v) is 3.57. The minimum atomic E-state index is -3.75. The summed E-state index contributed by atoms with van der Waals surface area (Å²) in [5, 5.41) is 10.4. The fourth-order valence-electron chi connectivity index (χ4n) is 1.19. The summed E-state index contributed by atoms with van der Waals surface area (Å²) in [6, 6.07) is 1.73. The van der Waals surface area contributed by atoms with Crippen LogP contribution in [0.25, 0.3) is 0 Å². The molecule has 1 aromatic heterocycles. The molecule has 0 aromatic carbocycles. The summed E-state index contributed by atoms with van der Waals surface area (Å²) in [6.45, 7) is 1.62. The molecule has 0 aliphatic carbocycles. The Morgan fingerprint density at radius 2 is 2.28 bits per heavy atom. The van der Waals surface area contributed by atoms with E-state index < -0.39 is 26.8 Å². The summed E-state index contributed by atoms with van der Waals surface area (Å²) in [4.78, 5) is 13.0. The van der Waals surface area contributed by atoms with E-state index in [0.29, 0.717) is 0 Å². The SMILES string of the molecule is C#CCC(C)NS(=O)(=O)c1ccc([N+](=O)[O-])nc1. The van der Waals surface area contributed by atoms with E-state index in [1.54, 1.807) is 6.92 Å². The van der Waals surface area contributed by atoms with E-state index in [2.05, 4.69) is 15.6 Å². The van der Waals surface area contributed by atoms with E-state index in [9.17, 15) is 18.5 Å². The van der Waals surface area contributed by atoms with Crippen LogP contribution in [-0.4, -0.2) is 24.4 Å². The molecule has 0 fully saturated rings. The molecule has 7 nitrogen and oxygen atoms in total. The van der Waals surface area contributed by atoms with Crippen LogP contribution >= 0.6 is 0 Å². The van der Waals surface area contributed by atoms with Gasteiger partial charge in [0.1, 0.15) is 4.90 Å². The van der Waals surface area contributed by atoms with E-state index >= 15 is 0 Å². The Labute approximate surface area is 104 Å². The molecule has 1 unspecified atom stereocenters. The summed E-state index contributed by atoms with van der Waals surface area (Å²) in [6.07, 6.45) is 6.25. The van der Waals surface area contributed by atoms with Gasteiger partial charge >= 0.3 is 5.82 Å². The molecule has 1 N–H and O–H groups in total. The van der Waals surface area contributed by atoms with Crippen molar-refractivity contribution in [2.75, 3.05) is 0 Å². The van der Waals surface area contributed by atoms with Gasteiger partial charge in [0.2, 0.25) is 10.0 Å².